The van der Waals surface area contributed by atoms with Crippen molar-refractivity contribution < 1.29 is 24.6 Å². The third-order valence-corrected chi connectivity index (χ3v) is 4.82. The summed E-state index contributed by atoms with van der Waals surface area (Å²) in [6.45, 7) is 2.81. The lowest BCUT2D eigenvalue weighted by Crippen LogP contribution is -2.50. The van der Waals surface area contributed by atoms with Crippen molar-refractivity contribution in [3.8, 4) is 5.75 Å². The minimum absolute atomic E-state index is 0.0691. The zero-order valence-corrected chi connectivity index (χ0v) is 15.1. The predicted molar refractivity (Wildman–Crippen MR) is 97.8 cm³/mol. The van der Waals surface area contributed by atoms with Crippen LogP contribution in [0.4, 0.5) is 0 Å². The maximum Gasteiger partial charge on any atom is 0.325 e. The molecule has 2 amide bonds. The Kier molecular flexibility index (Phi) is 5.81. The number of hydrogen-bond acceptors (Lipinski definition) is 6. The van der Waals surface area contributed by atoms with E-state index in [1.807, 2.05) is 0 Å². The minimum atomic E-state index is -1.17. The summed E-state index contributed by atoms with van der Waals surface area (Å²) in [5.74, 6) is -2.15. The summed E-state index contributed by atoms with van der Waals surface area (Å²) < 4.78 is 0.210. The number of carboxylic acids is 1. The van der Waals surface area contributed by atoms with Crippen LogP contribution in [-0.4, -0.2) is 49.3 Å². The van der Waals surface area contributed by atoms with Crippen LogP contribution in [0.25, 0.3) is 6.08 Å². The maximum absolute atomic E-state index is 12.6. The molecule has 0 spiro atoms. The standard InChI is InChI=1S/C16H16N2O5S2/c1-8(15(22)23)17-13(20)9(2)18-14(21)12(25-16(18)24)7-10-4-3-5-11(19)6-10/h3-9,19H,1-2H3,(H,17,20)(H,22,23)/b12-7-. The van der Waals surface area contributed by atoms with E-state index in [0.29, 0.717) is 10.5 Å². The molecule has 3 N–H and O–H groups in total. The summed E-state index contributed by atoms with van der Waals surface area (Å²) in [4.78, 5) is 37.0. The van der Waals surface area contributed by atoms with Crippen LogP contribution in [0.3, 0.4) is 0 Å². The molecule has 1 heterocycles. The lowest BCUT2D eigenvalue weighted by molar-refractivity contribution is -0.142. The monoisotopic (exact) mass is 380 g/mol. The van der Waals surface area contributed by atoms with Gasteiger partial charge in [-0.05, 0) is 37.6 Å². The molecule has 1 aliphatic heterocycles. The topological polar surface area (TPSA) is 107 Å². The number of phenolic OH excluding ortho intramolecular Hbond substituents is 1. The van der Waals surface area contributed by atoms with Gasteiger partial charge in [-0.2, -0.15) is 0 Å². The Morgan fingerprint density at radius 2 is 2.04 bits per heavy atom. The number of carboxylic acid groups (broad SMARTS) is 1. The van der Waals surface area contributed by atoms with Gasteiger partial charge in [-0.25, -0.2) is 0 Å². The van der Waals surface area contributed by atoms with Gasteiger partial charge in [0.15, 0.2) is 0 Å². The van der Waals surface area contributed by atoms with Crippen LogP contribution in [0.15, 0.2) is 29.2 Å². The van der Waals surface area contributed by atoms with E-state index in [-0.39, 0.29) is 10.1 Å². The SMILES string of the molecule is CC(NC(=O)C(C)N1C(=O)/C(=C/c2cccc(O)c2)SC1=S)C(=O)O. The molecule has 1 aliphatic rings. The molecule has 2 atom stereocenters. The molecule has 0 aromatic heterocycles. The van der Waals surface area contributed by atoms with E-state index in [2.05, 4.69) is 5.32 Å². The first kappa shape index (κ1) is 18.9. The lowest BCUT2D eigenvalue weighted by atomic mass is 10.2. The molecule has 0 radical (unpaired) electrons. The Morgan fingerprint density at radius 1 is 1.36 bits per heavy atom. The fourth-order valence-corrected chi connectivity index (χ4v) is 3.51. The molecule has 0 saturated carbocycles. The summed E-state index contributed by atoms with van der Waals surface area (Å²) in [6.07, 6.45) is 1.57. The zero-order chi connectivity index (χ0) is 18.7. The average Bonchev–Trinajstić information content (AvgIpc) is 2.80. The summed E-state index contributed by atoms with van der Waals surface area (Å²) in [5.41, 5.74) is 0.622. The molecular formula is C16H16N2O5S2. The molecule has 1 fully saturated rings. The number of aromatic hydroxyl groups is 1. The van der Waals surface area contributed by atoms with Gasteiger partial charge in [0.2, 0.25) is 5.91 Å². The normalized spacial score (nSPS) is 18.3. The van der Waals surface area contributed by atoms with E-state index < -0.39 is 29.9 Å². The van der Waals surface area contributed by atoms with Crippen molar-refractivity contribution in [3.05, 3.63) is 34.7 Å². The first-order valence-electron chi connectivity index (χ1n) is 7.30. The van der Waals surface area contributed by atoms with Gasteiger partial charge in [0, 0.05) is 0 Å². The number of carbonyl (C=O) groups excluding carboxylic acids is 2. The van der Waals surface area contributed by atoms with Crippen molar-refractivity contribution in [2.75, 3.05) is 0 Å². The highest BCUT2D eigenvalue weighted by molar-refractivity contribution is 8.26. The highest BCUT2D eigenvalue weighted by Gasteiger charge is 2.38. The number of aliphatic carboxylic acids is 1. The second-order valence-electron chi connectivity index (χ2n) is 5.39. The Labute approximate surface area is 153 Å². The highest BCUT2D eigenvalue weighted by Crippen LogP contribution is 2.34. The van der Waals surface area contributed by atoms with Crippen molar-refractivity contribution in [2.24, 2.45) is 0 Å². The van der Waals surface area contributed by atoms with Crippen molar-refractivity contribution >= 4 is 52.2 Å². The van der Waals surface area contributed by atoms with E-state index >= 15 is 0 Å². The van der Waals surface area contributed by atoms with Gasteiger partial charge in [0.1, 0.15) is 22.2 Å². The van der Waals surface area contributed by atoms with Crippen molar-refractivity contribution in [3.63, 3.8) is 0 Å². The Hall–Kier alpha value is -2.39. The number of hydrogen-bond donors (Lipinski definition) is 3. The van der Waals surface area contributed by atoms with Crippen molar-refractivity contribution in [2.45, 2.75) is 25.9 Å². The number of thioether (sulfide) groups is 1. The van der Waals surface area contributed by atoms with Gasteiger partial charge < -0.3 is 15.5 Å². The van der Waals surface area contributed by atoms with Crippen molar-refractivity contribution in [1.29, 1.82) is 0 Å². The number of nitrogens with zero attached hydrogens (tertiary/aromatic N) is 1. The summed E-state index contributed by atoms with van der Waals surface area (Å²) >= 11 is 6.22. The number of carbonyl (C=O) groups is 3. The van der Waals surface area contributed by atoms with Gasteiger partial charge in [0.05, 0.1) is 4.91 Å². The largest absolute Gasteiger partial charge is 0.508 e. The molecule has 1 aromatic rings. The van der Waals surface area contributed by atoms with Gasteiger partial charge in [-0.3, -0.25) is 19.3 Å². The predicted octanol–water partition coefficient (Wildman–Crippen LogP) is 1.57. The van der Waals surface area contributed by atoms with E-state index in [9.17, 15) is 19.5 Å². The smallest absolute Gasteiger partial charge is 0.325 e. The fourth-order valence-electron chi connectivity index (χ4n) is 2.09. The first-order valence-corrected chi connectivity index (χ1v) is 8.52. The number of amides is 2. The second kappa shape index (κ2) is 7.66. The molecule has 1 aromatic carbocycles. The van der Waals surface area contributed by atoms with Crippen LogP contribution in [0.1, 0.15) is 19.4 Å². The number of phenols is 1. The molecule has 2 rings (SSSR count). The molecule has 7 nitrogen and oxygen atoms in total. The molecule has 25 heavy (non-hydrogen) atoms. The van der Waals surface area contributed by atoms with Gasteiger partial charge in [-0.15, -0.1) is 0 Å². The molecule has 0 aliphatic carbocycles. The average molecular weight is 380 g/mol. The van der Waals surface area contributed by atoms with E-state index in [4.69, 9.17) is 17.3 Å². The maximum atomic E-state index is 12.6. The minimum Gasteiger partial charge on any atom is -0.508 e. The van der Waals surface area contributed by atoms with Crippen molar-refractivity contribution in [1.82, 2.24) is 10.2 Å². The molecule has 9 heteroatoms. The van der Waals surface area contributed by atoms with Gasteiger partial charge in [-0.1, -0.05) is 36.1 Å². The summed E-state index contributed by atoms with van der Waals surface area (Å²) in [5, 5.41) is 20.7. The molecule has 2 unspecified atom stereocenters. The molecule has 132 valence electrons. The molecule has 1 saturated heterocycles. The first-order chi connectivity index (χ1) is 11.7. The van der Waals surface area contributed by atoms with Crippen LogP contribution >= 0.6 is 24.0 Å². The summed E-state index contributed by atoms with van der Waals surface area (Å²) in [6, 6.07) is 4.36. The number of benzene rings is 1. The quantitative estimate of drug-likeness (QED) is 0.526. The van der Waals surface area contributed by atoms with E-state index in [1.54, 1.807) is 18.2 Å². The molecule has 0 bridgehead atoms. The molecular weight excluding hydrogens is 364 g/mol. The van der Waals surface area contributed by atoms with Crippen LogP contribution in [0.5, 0.6) is 5.75 Å². The van der Waals surface area contributed by atoms with Crippen LogP contribution in [0.2, 0.25) is 0 Å². The number of thiocarbonyl (C=S) groups is 1. The number of nitrogens with one attached hydrogen (secondary N) is 1. The van der Waals surface area contributed by atoms with Crippen LogP contribution in [0, 0.1) is 0 Å². The lowest BCUT2D eigenvalue weighted by Gasteiger charge is -2.23. The Bertz CT molecular complexity index is 778. The fraction of sp³-hybridized carbons (Fsp3) is 0.250. The van der Waals surface area contributed by atoms with Gasteiger partial charge in [0.25, 0.3) is 5.91 Å². The Morgan fingerprint density at radius 3 is 2.64 bits per heavy atom. The van der Waals surface area contributed by atoms with E-state index in [0.717, 1.165) is 16.7 Å². The third kappa shape index (κ3) is 4.37. The highest BCUT2D eigenvalue weighted by atomic mass is 32.2. The van der Waals surface area contributed by atoms with Crippen LogP contribution in [-0.2, 0) is 14.4 Å². The van der Waals surface area contributed by atoms with Gasteiger partial charge >= 0.3 is 5.97 Å². The summed E-state index contributed by atoms with van der Waals surface area (Å²) in [7, 11) is 0. The van der Waals surface area contributed by atoms with E-state index in [1.165, 1.54) is 26.0 Å². The zero-order valence-electron chi connectivity index (χ0n) is 13.4. The third-order valence-electron chi connectivity index (χ3n) is 3.49. The second-order valence-corrected chi connectivity index (χ2v) is 7.07. The Balaban J connectivity index is 2.18. The number of rotatable bonds is 5. The van der Waals surface area contributed by atoms with Crippen LogP contribution < -0.4 is 5.32 Å².